The molecule has 20 heavy (non-hydrogen) atoms. The number of fused-ring (bicyclic) bond motifs is 3. The third kappa shape index (κ3) is 2.73. The number of hydrogen-bond donors (Lipinski definition) is 1. The number of halogens is 1. The van der Waals surface area contributed by atoms with Gasteiger partial charge in [-0.25, -0.2) is 0 Å². The van der Waals surface area contributed by atoms with Crippen LogP contribution in [0.3, 0.4) is 0 Å². The van der Waals surface area contributed by atoms with E-state index in [0.29, 0.717) is 12.1 Å². The van der Waals surface area contributed by atoms with Gasteiger partial charge in [-0.15, -0.1) is 0 Å². The molecule has 0 aromatic heterocycles. The molecule has 110 valence electrons. The normalized spacial score (nSPS) is 30.4. The van der Waals surface area contributed by atoms with E-state index < -0.39 is 0 Å². The van der Waals surface area contributed by atoms with Crippen molar-refractivity contribution < 1.29 is 0 Å². The van der Waals surface area contributed by atoms with Crippen LogP contribution in [0, 0.1) is 6.92 Å². The number of piperazine rings is 3. The summed E-state index contributed by atoms with van der Waals surface area (Å²) in [6, 6.07) is 7.45. The molecule has 3 fully saturated rings. The van der Waals surface area contributed by atoms with E-state index in [1.807, 2.05) is 0 Å². The number of likely N-dealkylation sites (N-methyl/N-ethyl adjacent to an activating group) is 1. The van der Waals surface area contributed by atoms with Crippen LogP contribution in [0.4, 0.5) is 0 Å². The minimum Gasteiger partial charge on any atom is -0.309 e. The molecule has 0 spiro atoms. The summed E-state index contributed by atoms with van der Waals surface area (Å²) in [6.45, 7) is 11.3. The van der Waals surface area contributed by atoms with Crippen molar-refractivity contribution in [1.29, 1.82) is 0 Å². The Morgan fingerprint density at radius 3 is 2.60 bits per heavy atom. The van der Waals surface area contributed by atoms with E-state index in [1.54, 1.807) is 0 Å². The lowest BCUT2D eigenvalue weighted by Crippen LogP contribution is -2.63. The van der Waals surface area contributed by atoms with Crippen molar-refractivity contribution in [2.24, 2.45) is 0 Å². The number of rotatable bonds is 4. The average Bonchev–Trinajstić information content (AvgIpc) is 2.49. The van der Waals surface area contributed by atoms with Gasteiger partial charge in [0.05, 0.1) is 0 Å². The molecule has 3 aliphatic heterocycles. The summed E-state index contributed by atoms with van der Waals surface area (Å²) < 4.78 is 0. The van der Waals surface area contributed by atoms with E-state index in [0.717, 1.165) is 17.1 Å². The Balaban J connectivity index is 1.86. The van der Waals surface area contributed by atoms with Gasteiger partial charge in [0.1, 0.15) is 0 Å². The van der Waals surface area contributed by atoms with Gasteiger partial charge in [-0.2, -0.15) is 0 Å². The molecule has 0 aliphatic carbocycles. The van der Waals surface area contributed by atoms with Gasteiger partial charge in [-0.05, 0) is 30.7 Å². The highest BCUT2D eigenvalue weighted by molar-refractivity contribution is 6.31. The maximum Gasteiger partial charge on any atom is 0.0491 e. The van der Waals surface area contributed by atoms with E-state index in [9.17, 15) is 0 Å². The fourth-order valence-electron chi connectivity index (χ4n) is 3.47. The molecule has 2 bridgehead atoms. The average molecular weight is 294 g/mol. The fraction of sp³-hybridized carbons (Fsp3) is 0.625. The molecule has 1 aromatic rings. The first-order valence-electron chi connectivity index (χ1n) is 7.65. The SMILES string of the molecule is CCNC(c1ccc(C)c(Cl)c1)C1CN2CCN1CC2. The van der Waals surface area contributed by atoms with Crippen molar-refractivity contribution in [3.63, 3.8) is 0 Å². The zero-order valence-corrected chi connectivity index (χ0v) is 13.2. The zero-order valence-electron chi connectivity index (χ0n) is 12.4. The summed E-state index contributed by atoms with van der Waals surface area (Å²) in [4.78, 5) is 5.23. The highest BCUT2D eigenvalue weighted by atomic mass is 35.5. The van der Waals surface area contributed by atoms with Gasteiger partial charge in [0.2, 0.25) is 0 Å². The van der Waals surface area contributed by atoms with E-state index in [1.165, 1.54) is 38.3 Å². The van der Waals surface area contributed by atoms with Gasteiger partial charge in [-0.1, -0.05) is 30.7 Å². The second-order valence-corrected chi connectivity index (χ2v) is 6.36. The zero-order chi connectivity index (χ0) is 14.1. The molecule has 4 heteroatoms. The van der Waals surface area contributed by atoms with Crippen molar-refractivity contribution in [3.05, 3.63) is 34.3 Å². The largest absolute Gasteiger partial charge is 0.309 e. The molecule has 3 nitrogen and oxygen atoms in total. The molecule has 4 rings (SSSR count). The van der Waals surface area contributed by atoms with Crippen LogP contribution in [0.25, 0.3) is 0 Å². The molecule has 0 amide bonds. The van der Waals surface area contributed by atoms with Crippen LogP contribution >= 0.6 is 11.6 Å². The quantitative estimate of drug-likeness (QED) is 0.919. The topological polar surface area (TPSA) is 18.5 Å². The first kappa shape index (κ1) is 14.3. The van der Waals surface area contributed by atoms with Crippen LogP contribution < -0.4 is 5.32 Å². The monoisotopic (exact) mass is 293 g/mol. The third-order valence-corrected chi connectivity index (χ3v) is 5.09. The summed E-state index contributed by atoms with van der Waals surface area (Å²) in [5.41, 5.74) is 2.47. The van der Waals surface area contributed by atoms with Crippen LogP contribution in [0.5, 0.6) is 0 Å². The van der Waals surface area contributed by atoms with E-state index in [2.05, 4.69) is 47.2 Å². The maximum absolute atomic E-state index is 6.32. The summed E-state index contributed by atoms with van der Waals surface area (Å²) >= 11 is 6.32. The van der Waals surface area contributed by atoms with E-state index >= 15 is 0 Å². The van der Waals surface area contributed by atoms with Crippen molar-refractivity contribution >= 4 is 11.6 Å². The van der Waals surface area contributed by atoms with E-state index in [4.69, 9.17) is 11.6 Å². The van der Waals surface area contributed by atoms with Gasteiger partial charge < -0.3 is 5.32 Å². The second-order valence-electron chi connectivity index (χ2n) is 5.95. The van der Waals surface area contributed by atoms with E-state index in [-0.39, 0.29) is 0 Å². The maximum atomic E-state index is 6.32. The summed E-state index contributed by atoms with van der Waals surface area (Å²) in [6.07, 6.45) is 0. The molecular weight excluding hydrogens is 270 g/mol. The number of nitrogens with one attached hydrogen (secondary N) is 1. The molecule has 3 saturated heterocycles. The van der Waals surface area contributed by atoms with Crippen LogP contribution in [0.15, 0.2) is 18.2 Å². The Kier molecular flexibility index (Phi) is 4.32. The lowest BCUT2D eigenvalue weighted by Gasteiger charge is -2.50. The number of nitrogens with zero attached hydrogens (tertiary/aromatic N) is 2. The number of benzene rings is 1. The molecule has 0 saturated carbocycles. The highest BCUT2D eigenvalue weighted by Crippen LogP contribution is 2.29. The second kappa shape index (κ2) is 6.02. The minimum atomic E-state index is 0.376. The summed E-state index contributed by atoms with van der Waals surface area (Å²) in [5, 5.41) is 4.55. The van der Waals surface area contributed by atoms with Crippen LogP contribution in [0.1, 0.15) is 24.1 Å². The van der Waals surface area contributed by atoms with Crippen molar-refractivity contribution in [1.82, 2.24) is 15.1 Å². The molecule has 1 aromatic carbocycles. The van der Waals surface area contributed by atoms with Crippen molar-refractivity contribution in [3.8, 4) is 0 Å². The Morgan fingerprint density at radius 2 is 2.05 bits per heavy atom. The molecule has 3 heterocycles. The van der Waals surface area contributed by atoms with Crippen LogP contribution in [0.2, 0.25) is 5.02 Å². The standard InChI is InChI=1S/C16H24ClN3/c1-3-18-16(13-5-4-12(2)14(17)10-13)15-11-19-6-8-20(15)9-7-19/h4-5,10,15-16,18H,3,6-9,11H2,1-2H3. The summed E-state index contributed by atoms with van der Waals surface area (Å²) in [7, 11) is 0. The lowest BCUT2D eigenvalue weighted by molar-refractivity contribution is -0.00343. The van der Waals surface area contributed by atoms with Gasteiger partial charge in [0, 0.05) is 49.8 Å². The predicted octanol–water partition coefficient (Wildman–Crippen LogP) is 2.30. The van der Waals surface area contributed by atoms with Gasteiger partial charge >= 0.3 is 0 Å². The molecule has 2 atom stereocenters. The molecule has 2 unspecified atom stereocenters. The van der Waals surface area contributed by atoms with Gasteiger partial charge in [0.15, 0.2) is 0 Å². The smallest absolute Gasteiger partial charge is 0.0491 e. The number of hydrogen-bond acceptors (Lipinski definition) is 3. The fourth-order valence-corrected chi connectivity index (χ4v) is 3.66. The van der Waals surface area contributed by atoms with Gasteiger partial charge in [0.25, 0.3) is 0 Å². The van der Waals surface area contributed by atoms with Crippen molar-refractivity contribution in [2.45, 2.75) is 25.9 Å². The summed E-state index contributed by atoms with van der Waals surface area (Å²) in [5.74, 6) is 0. The molecular formula is C16H24ClN3. The Labute approximate surface area is 126 Å². The first-order valence-corrected chi connectivity index (χ1v) is 8.02. The first-order chi connectivity index (χ1) is 9.69. The molecule has 3 aliphatic rings. The van der Waals surface area contributed by atoms with Crippen LogP contribution in [-0.4, -0.2) is 55.1 Å². The Morgan fingerprint density at radius 1 is 1.30 bits per heavy atom. The van der Waals surface area contributed by atoms with Gasteiger partial charge in [-0.3, -0.25) is 9.80 Å². The Bertz CT molecular complexity index is 469. The van der Waals surface area contributed by atoms with Crippen molar-refractivity contribution in [2.75, 3.05) is 39.3 Å². The lowest BCUT2D eigenvalue weighted by atomic mass is 9.93. The molecule has 0 radical (unpaired) electrons. The highest BCUT2D eigenvalue weighted by Gasteiger charge is 2.37. The number of aryl methyl sites for hydroxylation is 1. The van der Waals surface area contributed by atoms with Crippen LogP contribution in [-0.2, 0) is 0 Å². The minimum absolute atomic E-state index is 0.376. The predicted molar refractivity (Wildman–Crippen MR) is 84.4 cm³/mol. The third-order valence-electron chi connectivity index (χ3n) is 4.68. The molecule has 1 N–H and O–H groups in total. The Hall–Kier alpha value is -0.610.